The van der Waals surface area contributed by atoms with E-state index in [9.17, 15) is 9.90 Å². The Kier molecular flexibility index (Phi) is 3.64. The van der Waals surface area contributed by atoms with Crippen LogP contribution in [0.5, 0.6) is 0 Å². The Morgan fingerprint density at radius 2 is 1.96 bits per heavy atom. The number of Topliss-reactive ketones (excluding diaryl/α,β-unsaturated/α-hetero) is 1. The number of ketones is 1. The Balaban J connectivity index is 1.46. The second-order valence-electron chi connectivity index (χ2n) is 8.60. The Hall–Kier alpha value is -1.15. The number of aliphatic hydroxyl groups excluding tert-OH is 1. The van der Waals surface area contributed by atoms with Crippen LogP contribution in [0.25, 0.3) is 0 Å². The van der Waals surface area contributed by atoms with Gasteiger partial charge in [0.25, 0.3) is 0 Å². The van der Waals surface area contributed by atoms with Crippen molar-refractivity contribution < 1.29 is 9.90 Å². The van der Waals surface area contributed by atoms with Crippen LogP contribution in [-0.2, 0) is 4.79 Å². The lowest BCUT2D eigenvalue weighted by molar-refractivity contribution is -0.130. The summed E-state index contributed by atoms with van der Waals surface area (Å²) in [4.78, 5) is 12.6. The summed E-state index contributed by atoms with van der Waals surface area (Å²) in [5, 5.41) is 10.4. The van der Waals surface area contributed by atoms with Crippen LogP contribution in [0.15, 0.2) is 30.3 Å². The van der Waals surface area contributed by atoms with Crippen molar-refractivity contribution in [2.45, 2.75) is 52.1 Å². The number of carbonyl (C=O) groups is 1. The molecule has 0 aromatic heterocycles. The van der Waals surface area contributed by atoms with Crippen molar-refractivity contribution in [2.75, 3.05) is 0 Å². The molecule has 1 aromatic carbocycles. The van der Waals surface area contributed by atoms with Crippen molar-refractivity contribution in [3.63, 3.8) is 0 Å². The first kappa shape index (κ1) is 15.4. The van der Waals surface area contributed by atoms with Crippen molar-refractivity contribution in [1.29, 1.82) is 0 Å². The predicted octanol–water partition coefficient (Wildman–Crippen LogP) is 4.39. The molecule has 0 amide bonds. The van der Waals surface area contributed by atoms with Gasteiger partial charge < -0.3 is 5.11 Å². The highest BCUT2D eigenvalue weighted by molar-refractivity contribution is 5.84. The molecule has 1 aromatic rings. The first-order valence-electron chi connectivity index (χ1n) is 9.27. The quantitative estimate of drug-likeness (QED) is 0.895. The number of benzene rings is 1. The van der Waals surface area contributed by atoms with E-state index in [2.05, 4.69) is 13.8 Å². The third kappa shape index (κ3) is 2.29. The lowest BCUT2D eigenvalue weighted by Gasteiger charge is -2.55. The summed E-state index contributed by atoms with van der Waals surface area (Å²) < 4.78 is 0. The molecule has 1 spiro atoms. The fourth-order valence-corrected chi connectivity index (χ4v) is 6.30. The monoisotopic (exact) mass is 312 g/mol. The summed E-state index contributed by atoms with van der Waals surface area (Å²) in [6.07, 6.45) is 4.97. The van der Waals surface area contributed by atoms with E-state index in [0.29, 0.717) is 29.6 Å². The number of fused-ring (bicyclic) bond motifs is 1. The van der Waals surface area contributed by atoms with E-state index in [4.69, 9.17) is 0 Å². The highest BCUT2D eigenvalue weighted by Crippen LogP contribution is 2.70. The summed E-state index contributed by atoms with van der Waals surface area (Å²) in [6.45, 7) is 4.77. The molecule has 23 heavy (non-hydrogen) atoms. The molecule has 7 unspecified atom stereocenters. The Labute approximate surface area is 139 Å². The van der Waals surface area contributed by atoms with Crippen LogP contribution in [0.3, 0.4) is 0 Å². The van der Waals surface area contributed by atoms with Gasteiger partial charge in [0.2, 0.25) is 0 Å². The zero-order chi connectivity index (χ0) is 16.2. The molecule has 3 aliphatic carbocycles. The van der Waals surface area contributed by atoms with E-state index in [1.165, 1.54) is 25.7 Å². The van der Waals surface area contributed by atoms with Gasteiger partial charge in [-0.2, -0.15) is 0 Å². The predicted molar refractivity (Wildman–Crippen MR) is 90.7 cm³/mol. The van der Waals surface area contributed by atoms with E-state index in [0.717, 1.165) is 17.4 Å². The van der Waals surface area contributed by atoms with Gasteiger partial charge in [0.1, 0.15) is 6.10 Å². The van der Waals surface area contributed by atoms with Crippen molar-refractivity contribution in [2.24, 2.45) is 35.0 Å². The summed E-state index contributed by atoms with van der Waals surface area (Å²) in [5.41, 5.74) is 1.35. The zero-order valence-corrected chi connectivity index (χ0v) is 14.2. The third-order valence-corrected chi connectivity index (χ3v) is 7.56. The topological polar surface area (TPSA) is 37.3 Å². The molecule has 3 fully saturated rings. The number of aliphatic hydroxyl groups is 1. The zero-order valence-electron chi connectivity index (χ0n) is 14.2. The SMILES string of the molecule is CC1CC23CC(CC2CC3C)C1CC(=O)C(O)c1ccccc1. The molecule has 4 rings (SSSR count). The molecule has 7 atom stereocenters. The Bertz CT molecular complexity index is 595. The van der Waals surface area contributed by atoms with Gasteiger partial charge in [-0.1, -0.05) is 44.2 Å². The second-order valence-corrected chi connectivity index (χ2v) is 8.60. The molecule has 2 heteroatoms. The van der Waals surface area contributed by atoms with E-state index < -0.39 is 6.10 Å². The summed E-state index contributed by atoms with van der Waals surface area (Å²) in [6, 6.07) is 9.38. The fourth-order valence-electron chi connectivity index (χ4n) is 6.30. The number of hydrogen-bond acceptors (Lipinski definition) is 2. The largest absolute Gasteiger partial charge is 0.381 e. The Morgan fingerprint density at radius 1 is 1.22 bits per heavy atom. The normalized spacial score (nSPS) is 42.7. The van der Waals surface area contributed by atoms with Gasteiger partial charge in [-0.25, -0.2) is 0 Å². The summed E-state index contributed by atoms with van der Waals surface area (Å²) in [5.74, 6) is 3.62. The van der Waals surface area contributed by atoms with Gasteiger partial charge in [0.15, 0.2) is 5.78 Å². The third-order valence-electron chi connectivity index (χ3n) is 7.56. The maximum Gasteiger partial charge on any atom is 0.166 e. The van der Waals surface area contributed by atoms with Crippen LogP contribution in [0.1, 0.15) is 57.6 Å². The highest BCUT2D eigenvalue weighted by Gasteiger charge is 2.62. The molecule has 0 saturated heterocycles. The standard InChI is InChI=1S/C21H28O2/c1-13-11-21-12-16(9-17(21)8-14(21)2)18(13)10-19(22)20(23)15-6-4-3-5-7-15/h3-7,13-14,16-18,20,23H,8-12H2,1-2H3. The lowest BCUT2D eigenvalue weighted by atomic mass is 9.50. The lowest BCUT2D eigenvalue weighted by Crippen LogP contribution is -2.47. The van der Waals surface area contributed by atoms with Crippen molar-refractivity contribution in [3.8, 4) is 0 Å². The summed E-state index contributed by atoms with van der Waals surface area (Å²) >= 11 is 0. The number of hydrogen-bond donors (Lipinski definition) is 1. The molecule has 2 nitrogen and oxygen atoms in total. The van der Waals surface area contributed by atoms with E-state index in [-0.39, 0.29) is 5.78 Å². The second kappa shape index (κ2) is 5.44. The molecule has 124 valence electrons. The molecule has 0 heterocycles. The van der Waals surface area contributed by atoms with Gasteiger partial charge in [0.05, 0.1) is 0 Å². The minimum absolute atomic E-state index is 0.0105. The minimum Gasteiger partial charge on any atom is -0.381 e. The Morgan fingerprint density at radius 3 is 2.65 bits per heavy atom. The number of carbonyl (C=O) groups excluding carboxylic acids is 1. The molecular formula is C21H28O2. The molecular weight excluding hydrogens is 284 g/mol. The van der Waals surface area contributed by atoms with E-state index >= 15 is 0 Å². The van der Waals surface area contributed by atoms with Gasteiger partial charge in [0, 0.05) is 6.42 Å². The average Bonchev–Trinajstić information content (AvgIpc) is 2.81. The van der Waals surface area contributed by atoms with E-state index in [1.54, 1.807) is 0 Å². The summed E-state index contributed by atoms with van der Waals surface area (Å²) in [7, 11) is 0. The molecule has 1 N–H and O–H groups in total. The molecule has 0 radical (unpaired) electrons. The molecule has 2 bridgehead atoms. The first-order chi connectivity index (χ1) is 11.0. The van der Waals surface area contributed by atoms with Gasteiger partial charge >= 0.3 is 0 Å². The average molecular weight is 312 g/mol. The van der Waals surface area contributed by atoms with Crippen LogP contribution in [0.4, 0.5) is 0 Å². The van der Waals surface area contributed by atoms with Crippen LogP contribution < -0.4 is 0 Å². The van der Waals surface area contributed by atoms with Gasteiger partial charge in [-0.05, 0) is 66.3 Å². The molecule has 3 saturated carbocycles. The number of rotatable bonds is 4. The van der Waals surface area contributed by atoms with Crippen molar-refractivity contribution in [1.82, 2.24) is 0 Å². The fraction of sp³-hybridized carbons (Fsp3) is 0.667. The van der Waals surface area contributed by atoms with Gasteiger partial charge in [-0.3, -0.25) is 4.79 Å². The first-order valence-corrected chi connectivity index (χ1v) is 9.27. The maximum absolute atomic E-state index is 12.6. The highest BCUT2D eigenvalue weighted by atomic mass is 16.3. The van der Waals surface area contributed by atoms with Crippen molar-refractivity contribution in [3.05, 3.63) is 35.9 Å². The minimum atomic E-state index is -0.948. The van der Waals surface area contributed by atoms with E-state index in [1.807, 2.05) is 30.3 Å². The van der Waals surface area contributed by atoms with Crippen LogP contribution in [0.2, 0.25) is 0 Å². The smallest absolute Gasteiger partial charge is 0.166 e. The van der Waals surface area contributed by atoms with Crippen molar-refractivity contribution >= 4 is 5.78 Å². The molecule has 3 aliphatic rings. The van der Waals surface area contributed by atoms with Crippen LogP contribution in [0, 0.1) is 35.0 Å². The van der Waals surface area contributed by atoms with Crippen LogP contribution in [-0.4, -0.2) is 10.9 Å². The maximum atomic E-state index is 12.6. The van der Waals surface area contributed by atoms with Gasteiger partial charge in [-0.15, -0.1) is 0 Å². The molecule has 0 aliphatic heterocycles. The van der Waals surface area contributed by atoms with Crippen LogP contribution >= 0.6 is 0 Å².